The Morgan fingerprint density at radius 1 is 1.23 bits per heavy atom. The number of ether oxygens (including phenoxy) is 2. The molecule has 1 aliphatic heterocycles. The SMILES string of the molecule is CCOc1ccc(C(NC(=O)[C@H]2CCN[C@@H](C)C2)C(C)C)cc1OCC. The van der Waals surface area contributed by atoms with E-state index in [2.05, 4.69) is 31.4 Å². The third-order valence-electron chi connectivity index (χ3n) is 4.89. The lowest BCUT2D eigenvalue weighted by Crippen LogP contribution is -2.44. The van der Waals surface area contributed by atoms with Gasteiger partial charge in [-0.05, 0) is 63.8 Å². The maximum atomic E-state index is 12.8. The predicted molar refractivity (Wildman–Crippen MR) is 105 cm³/mol. The molecule has 1 aliphatic rings. The van der Waals surface area contributed by atoms with Gasteiger partial charge in [0, 0.05) is 12.0 Å². The molecule has 1 unspecified atom stereocenters. The van der Waals surface area contributed by atoms with E-state index in [4.69, 9.17) is 9.47 Å². The first kappa shape index (κ1) is 20.6. The van der Waals surface area contributed by atoms with Crippen molar-refractivity contribution in [3.05, 3.63) is 23.8 Å². The molecule has 3 atom stereocenters. The van der Waals surface area contributed by atoms with Crippen LogP contribution in [0, 0.1) is 11.8 Å². The summed E-state index contributed by atoms with van der Waals surface area (Å²) in [6, 6.07) is 6.33. The Balaban J connectivity index is 2.18. The molecule has 1 saturated heterocycles. The molecule has 1 heterocycles. The van der Waals surface area contributed by atoms with Crippen LogP contribution < -0.4 is 20.1 Å². The lowest BCUT2D eigenvalue weighted by Gasteiger charge is -2.30. The van der Waals surface area contributed by atoms with E-state index in [0.717, 1.165) is 36.4 Å². The van der Waals surface area contributed by atoms with Crippen molar-refractivity contribution in [1.29, 1.82) is 0 Å². The first-order valence-corrected chi connectivity index (χ1v) is 9.89. The van der Waals surface area contributed by atoms with E-state index in [9.17, 15) is 4.79 Å². The Kier molecular flexibility index (Phi) is 7.76. The molecule has 1 aromatic rings. The van der Waals surface area contributed by atoms with Crippen molar-refractivity contribution in [3.63, 3.8) is 0 Å². The summed E-state index contributed by atoms with van der Waals surface area (Å²) < 4.78 is 11.4. The van der Waals surface area contributed by atoms with Crippen molar-refractivity contribution in [2.24, 2.45) is 11.8 Å². The van der Waals surface area contributed by atoms with E-state index in [-0.39, 0.29) is 23.8 Å². The molecular formula is C21H34N2O3. The number of carbonyl (C=O) groups excluding carboxylic acids is 1. The van der Waals surface area contributed by atoms with E-state index >= 15 is 0 Å². The highest BCUT2D eigenvalue weighted by Crippen LogP contribution is 2.33. The van der Waals surface area contributed by atoms with Gasteiger partial charge in [-0.2, -0.15) is 0 Å². The van der Waals surface area contributed by atoms with Crippen LogP contribution in [-0.4, -0.2) is 31.7 Å². The Hall–Kier alpha value is -1.75. The van der Waals surface area contributed by atoms with Gasteiger partial charge >= 0.3 is 0 Å². The summed E-state index contributed by atoms with van der Waals surface area (Å²) in [7, 11) is 0. The van der Waals surface area contributed by atoms with Gasteiger partial charge in [0.25, 0.3) is 0 Å². The fraction of sp³-hybridized carbons (Fsp3) is 0.667. The third kappa shape index (κ3) is 5.37. The molecule has 1 amide bonds. The van der Waals surface area contributed by atoms with Gasteiger partial charge in [0.05, 0.1) is 19.3 Å². The zero-order valence-electron chi connectivity index (χ0n) is 16.8. The van der Waals surface area contributed by atoms with Gasteiger partial charge in [-0.3, -0.25) is 4.79 Å². The van der Waals surface area contributed by atoms with Crippen molar-refractivity contribution in [2.75, 3.05) is 19.8 Å². The van der Waals surface area contributed by atoms with E-state index in [0.29, 0.717) is 19.3 Å². The number of hydrogen-bond donors (Lipinski definition) is 2. The van der Waals surface area contributed by atoms with Crippen LogP contribution in [0.2, 0.25) is 0 Å². The van der Waals surface area contributed by atoms with Gasteiger partial charge in [-0.1, -0.05) is 19.9 Å². The van der Waals surface area contributed by atoms with Crippen molar-refractivity contribution in [1.82, 2.24) is 10.6 Å². The van der Waals surface area contributed by atoms with Crippen LogP contribution in [0.25, 0.3) is 0 Å². The molecule has 0 spiro atoms. The minimum absolute atomic E-state index is 0.0393. The van der Waals surface area contributed by atoms with Crippen molar-refractivity contribution >= 4 is 5.91 Å². The Morgan fingerprint density at radius 2 is 1.92 bits per heavy atom. The highest BCUT2D eigenvalue weighted by molar-refractivity contribution is 5.79. The third-order valence-corrected chi connectivity index (χ3v) is 4.89. The second-order valence-electron chi connectivity index (χ2n) is 7.38. The van der Waals surface area contributed by atoms with Crippen LogP contribution in [0.4, 0.5) is 0 Å². The van der Waals surface area contributed by atoms with Crippen molar-refractivity contribution in [2.45, 2.75) is 59.5 Å². The van der Waals surface area contributed by atoms with Gasteiger partial charge in [-0.25, -0.2) is 0 Å². The fourth-order valence-corrected chi connectivity index (χ4v) is 3.54. The Morgan fingerprint density at radius 3 is 2.54 bits per heavy atom. The zero-order chi connectivity index (χ0) is 19.1. The molecule has 5 nitrogen and oxygen atoms in total. The van der Waals surface area contributed by atoms with Gasteiger partial charge < -0.3 is 20.1 Å². The maximum Gasteiger partial charge on any atom is 0.223 e. The predicted octanol–water partition coefficient (Wildman–Crippen LogP) is 3.69. The molecule has 26 heavy (non-hydrogen) atoms. The summed E-state index contributed by atoms with van der Waals surface area (Å²) in [4.78, 5) is 12.8. The van der Waals surface area contributed by atoms with Gasteiger partial charge in [-0.15, -0.1) is 0 Å². The van der Waals surface area contributed by atoms with Crippen LogP contribution in [0.15, 0.2) is 18.2 Å². The quantitative estimate of drug-likeness (QED) is 0.740. The molecule has 0 aliphatic carbocycles. The van der Waals surface area contributed by atoms with E-state index < -0.39 is 0 Å². The van der Waals surface area contributed by atoms with E-state index in [1.54, 1.807) is 0 Å². The van der Waals surface area contributed by atoms with Crippen LogP contribution in [-0.2, 0) is 4.79 Å². The molecule has 5 heteroatoms. The fourth-order valence-electron chi connectivity index (χ4n) is 3.54. The zero-order valence-corrected chi connectivity index (χ0v) is 16.8. The summed E-state index contributed by atoms with van der Waals surface area (Å²) in [5, 5.41) is 6.68. The number of rotatable bonds is 8. The highest BCUT2D eigenvalue weighted by Gasteiger charge is 2.28. The standard InChI is InChI=1S/C21H34N2O3/c1-6-25-18-9-8-16(13-19(18)26-7-2)20(14(3)4)23-21(24)17-10-11-22-15(5)12-17/h8-9,13-15,17,20,22H,6-7,10-12H2,1-5H3,(H,23,24)/t15-,17-,20?/m0/s1. The number of nitrogens with one attached hydrogen (secondary N) is 2. The molecule has 0 bridgehead atoms. The summed E-state index contributed by atoms with van der Waals surface area (Å²) in [5.74, 6) is 2.01. The molecule has 1 fully saturated rings. The first-order chi connectivity index (χ1) is 12.5. The van der Waals surface area contributed by atoms with E-state index in [1.807, 2.05) is 32.0 Å². The largest absolute Gasteiger partial charge is 0.490 e. The molecule has 1 aromatic carbocycles. The van der Waals surface area contributed by atoms with Gasteiger partial charge in [0.2, 0.25) is 5.91 Å². The molecule has 2 N–H and O–H groups in total. The second kappa shape index (κ2) is 9.81. The normalized spacial score (nSPS) is 21.3. The average molecular weight is 363 g/mol. The Bertz CT molecular complexity index is 589. The van der Waals surface area contributed by atoms with Crippen LogP contribution in [0.1, 0.15) is 59.1 Å². The molecule has 146 valence electrons. The van der Waals surface area contributed by atoms with Crippen molar-refractivity contribution < 1.29 is 14.3 Å². The van der Waals surface area contributed by atoms with Crippen LogP contribution in [0.3, 0.4) is 0 Å². The summed E-state index contributed by atoms with van der Waals surface area (Å²) in [6.45, 7) is 12.4. The average Bonchev–Trinajstić information content (AvgIpc) is 2.61. The molecule has 2 rings (SSSR count). The smallest absolute Gasteiger partial charge is 0.223 e. The lowest BCUT2D eigenvalue weighted by molar-refractivity contribution is -0.127. The first-order valence-electron chi connectivity index (χ1n) is 9.89. The van der Waals surface area contributed by atoms with Crippen LogP contribution >= 0.6 is 0 Å². The van der Waals surface area contributed by atoms with Crippen molar-refractivity contribution in [3.8, 4) is 11.5 Å². The molecule has 0 saturated carbocycles. The number of piperidine rings is 1. The number of carbonyl (C=O) groups is 1. The number of benzene rings is 1. The van der Waals surface area contributed by atoms with E-state index in [1.165, 1.54) is 0 Å². The second-order valence-corrected chi connectivity index (χ2v) is 7.38. The number of hydrogen-bond acceptors (Lipinski definition) is 4. The summed E-state index contributed by atoms with van der Waals surface area (Å²) in [5.41, 5.74) is 1.06. The molecular weight excluding hydrogens is 328 g/mol. The summed E-state index contributed by atoms with van der Waals surface area (Å²) >= 11 is 0. The monoisotopic (exact) mass is 362 g/mol. The van der Waals surface area contributed by atoms with Gasteiger partial charge in [0.1, 0.15) is 0 Å². The summed E-state index contributed by atoms with van der Waals surface area (Å²) in [6.07, 6.45) is 1.79. The molecule has 0 radical (unpaired) electrons. The maximum absolute atomic E-state index is 12.8. The van der Waals surface area contributed by atoms with Crippen LogP contribution in [0.5, 0.6) is 11.5 Å². The minimum Gasteiger partial charge on any atom is -0.490 e. The highest BCUT2D eigenvalue weighted by atomic mass is 16.5. The van der Waals surface area contributed by atoms with Gasteiger partial charge in [0.15, 0.2) is 11.5 Å². The number of amides is 1. The Labute approximate surface area is 157 Å². The molecule has 0 aromatic heterocycles. The topological polar surface area (TPSA) is 59.6 Å². The lowest BCUT2D eigenvalue weighted by atomic mass is 9.90. The minimum atomic E-state index is -0.0393.